The molecule has 1 saturated heterocycles. The molecule has 1 aromatic heterocycles. The molecule has 2 amide bonds. The van der Waals surface area contributed by atoms with E-state index >= 15 is 0 Å². The topological polar surface area (TPSA) is 86.5 Å². The zero-order valence-electron chi connectivity index (χ0n) is 13.9. The van der Waals surface area contributed by atoms with Crippen molar-refractivity contribution in [2.75, 3.05) is 39.4 Å². The first kappa shape index (κ1) is 17.5. The van der Waals surface area contributed by atoms with E-state index in [1.165, 1.54) is 0 Å². The van der Waals surface area contributed by atoms with Crippen LogP contribution in [0.5, 0.6) is 0 Å². The standard InChI is InChI=1S/C16H26N4O3/c1-12-10-13(2)19-15(21)14(12)11-18-16(22)17-4-3-5-20-6-8-23-9-7-20/h10H,3-9,11H2,1-2H3,(H,19,21)(H2,17,18,22). The summed E-state index contributed by atoms with van der Waals surface area (Å²) in [5, 5.41) is 5.56. The number of aromatic amines is 1. The molecule has 3 N–H and O–H groups in total. The third-order valence-electron chi connectivity index (χ3n) is 3.96. The molecule has 0 saturated carbocycles. The first-order chi connectivity index (χ1) is 11.1. The average Bonchev–Trinajstić information content (AvgIpc) is 2.51. The van der Waals surface area contributed by atoms with Crippen LogP contribution in [-0.4, -0.2) is 55.3 Å². The summed E-state index contributed by atoms with van der Waals surface area (Å²) in [4.78, 5) is 28.7. The van der Waals surface area contributed by atoms with Crippen molar-refractivity contribution >= 4 is 6.03 Å². The second kappa shape index (κ2) is 8.69. The summed E-state index contributed by atoms with van der Waals surface area (Å²) >= 11 is 0. The summed E-state index contributed by atoms with van der Waals surface area (Å²) in [5.41, 5.74) is 2.16. The summed E-state index contributed by atoms with van der Waals surface area (Å²) in [7, 11) is 0. The summed E-state index contributed by atoms with van der Waals surface area (Å²) in [6, 6.07) is 1.66. The van der Waals surface area contributed by atoms with Crippen LogP contribution < -0.4 is 16.2 Å². The van der Waals surface area contributed by atoms with Crippen LogP contribution in [0.1, 0.15) is 23.2 Å². The van der Waals surface area contributed by atoms with E-state index in [4.69, 9.17) is 4.74 Å². The maximum Gasteiger partial charge on any atom is 0.315 e. The van der Waals surface area contributed by atoms with Gasteiger partial charge in [0, 0.05) is 30.9 Å². The number of rotatable bonds is 6. The van der Waals surface area contributed by atoms with Gasteiger partial charge in [-0.3, -0.25) is 9.69 Å². The van der Waals surface area contributed by atoms with Gasteiger partial charge < -0.3 is 20.4 Å². The Morgan fingerprint density at radius 1 is 1.30 bits per heavy atom. The molecule has 1 fully saturated rings. The van der Waals surface area contributed by atoms with Crippen molar-refractivity contribution in [3.05, 3.63) is 33.2 Å². The van der Waals surface area contributed by atoms with Gasteiger partial charge in [-0.25, -0.2) is 4.79 Å². The molecule has 0 aliphatic carbocycles. The van der Waals surface area contributed by atoms with Crippen LogP contribution in [0, 0.1) is 13.8 Å². The lowest BCUT2D eigenvalue weighted by molar-refractivity contribution is 0.0375. The van der Waals surface area contributed by atoms with Crippen molar-refractivity contribution in [3.8, 4) is 0 Å². The lowest BCUT2D eigenvalue weighted by Gasteiger charge is -2.26. The molecular weight excluding hydrogens is 296 g/mol. The normalized spacial score (nSPS) is 15.4. The van der Waals surface area contributed by atoms with Gasteiger partial charge in [0.25, 0.3) is 5.56 Å². The molecule has 23 heavy (non-hydrogen) atoms. The summed E-state index contributed by atoms with van der Waals surface area (Å²) < 4.78 is 5.30. The molecule has 2 rings (SSSR count). The van der Waals surface area contributed by atoms with Crippen molar-refractivity contribution in [2.45, 2.75) is 26.8 Å². The number of carbonyl (C=O) groups excluding carboxylic acids is 1. The van der Waals surface area contributed by atoms with E-state index in [1.807, 2.05) is 19.9 Å². The van der Waals surface area contributed by atoms with E-state index in [-0.39, 0.29) is 18.1 Å². The zero-order chi connectivity index (χ0) is 16.7. The predicted molar refractivity (Wildman–Crippen MR) is 88.7 cm³/mol. The fourth-order valence-electron chi connectivity index (χ4n) is 2.66. The highest BCUT2D eigenvalue weighted by Crippen LogP contribution is 2.02. The summed E-state index contributed by atoms with van der Waals surface area (Å²) in [6.45, 7) is 9.02. The molecule has 0 radical (unpaired) electrons. The predicted octanol–water partition coefficient (Wildman–Crippen LogP) is 0.513. The van der Waals surface area contributed by atoms with Crippen LogP contribution in [0.15, 0.2) is 10.9 Å². The minimum atomic E-state index is -0.244. The third-order valence-corrected chi connectivity index (χ3v) is 3.96. The fraction of sp³-hybridized carbons (Fsp3) is 0.625. The Morgan fingerprint density at radius 2 is 2.04 bits per heavy atom. The van der Waals surface area contributed by atoms with E-state index in [1.54, 1.807) is 0 Å². The number of morpholine rings is 1. The van der Waals surface area contributed by atoms with Gasteiger partial charge in [-0.1, -0.05) is 0 Å². The number of carbonyl (C=O) groups is 1. The smallest absolute Gasteiger partial charge is 0.315 e. The number of urea groups is 1. The number of H-pyrrole nitrogens is 1. The molecule has 128 valence electrons. The Hall–Kier alpha value is -1.86. The molecule has 2 heterocycles. The maximum absolute atomic E-state index is 11.9. The van der Waals surface area contributed by atoms with Crippen LogP contribution in [0.3, 0.4) is 0 Å². The second-order valence-electron chi connectivity index (χ2n) is 5.86. The highest BCUT2D eigenvalue weighted by Gasteiger charge is 2.10. The fourth-order valence-corrected chi connectivity index (χ4v) is 2.66. The van der Waals surface area contributed by atoms with E-state index < -0.39 is 0 Å². The van der Waals surface area contributed by atoms with E-state index in [2.05, 4.69) is 20.5 Å². The quantitative estimate of drug-likeness (QED) is 0.666. The molecular formula is C16H26N4O3. The Labute approximate surface area is 136 Å². The van der Waals surface area contributed by atoms with Crippen LogP contribution in [0.2, 0.25) is 0 Å². The van der Waals surface area contributed by atoms with E-state index in [0.29, 0.717) is 12.1 Å². The first-order valence-corrected chi connectivity index (χ1v) is 8.07. The second-order valence-corrected chi connectivity index (χ2v) is 5.86. The van der Waals surface area contributed by atoms with Gasteiger partial charge in [0.1, 0.15) is 0 Å². The van der Waals surface area contributed by atoms with Gasteiger partial charge >= 0.3 is 6.03 Å². The van der Waals surface area contributed by atoms with Crippen LogP contribution in [0.4, 0.5) is 4.79 Å². The van der Waals surface area contributed by atoms with Crippen LogP contribution in [0.25, 0.3) is 0 Å². The minimum absolute atomic E-state index is 0.143. The molecule has 7 heteroatoms. The monoisotopic (exact) mass is 322 g/mol. The van der Waals surface area contributed by atoms with Gasteiger partial charge in [0.05, 0.1) is 19.8 Å². The molecule has 0 bridgehead atoms. The minimum Gasteiger partial charge on any atom is -0.379 e. The lowest BCUT2D eigenvalue weighted by atomic mass is 10.1. The molecule has 0 aromatic carbocycles. The molecule has 1 aromatic rings. The van der Waals surface area contributed by atoms with Crippen molar-refractivity contribution < 1.29 is 9.53 Å². The van der Waals surface area contributed by atoms with Crippen molar-refractivity contribution in [3.63, 3.8) is 0 Å². The van der Waals surface area contributed by atoms with Crippen LogP contribution >= 0.6 is 0 Å². The molecule has 1 aliphatic rings. The lowest BCUT2D eigenvalue weighted by Crippen LogP contribution is -2.40. The molecule has 0 unspecified atom stereocenters. The Morgan fingerprint density at radius 3 is 2.74 bits per heavy atom. The van der Waals surface area contributed by atoms with Gasteiger partial charge in [0.2, 0.25) is 0 Å². The van der Waals surface area contributed by atoms with E-state index in [9.17, 15) is 9.59 Å². The van der Waals surface area contributed by atoms with Gasteiger partial charge in [0.15, 0.2) is 0 Å². The number of hydrogen-bond donors (Lipinski definition) is 3. The average molecular weight is 322 g/mol. The van der Waals surface area contributed by atoms with Crippen molar-refractivity contribution in [2.24, 2.45) is 0 Å². The SMILES string of the molecule is Cc1cc(C)c(CNC(=O)NCCCN2CCOCC2)c(=O)[nH]1. The first-order valence-electron chi connectivity index (χ1n) is 8.07. The number of nitrogens with one attached hydrogen (secondary N) is 3. The highest BCUT2D eigenvalue weighted by molar-refractivity contribution is 5.73. The molecule has 7 nitrogen and oxygen atoms in total. The van der Waals surface area contributed by atoms with Gasteiger partial charge in [-0.05, 0) is 38.4 Å². The summed E-state index contributed by atoms with van der Waals surface area (Å²) in [5.74, 6) is 0. The van der Waals surface area contributed by atoms with Crippen molar-refractivity contribution in [1.82, 2.24) is 20.5 Å². The van der Waals surface area contributed by atoms with Gasteiger partial charge in [-0.15, -0.1) is 0 Å². The largest absolute Gasteiger partial charge is 0.379 e. The molecule has 0 atom stereocenters. The Kier molecular flexibility index (Phi) is 6.61. The van der Waals surface area contributed by atoms with Gasteiger partial charge in [-0.2, -0.15) is 0 Å². The Bertz CT molecular complexity index is 579. The number of ether oxygens (including phenoxy) is 1. The summed E-state index contributed by atoms with van der Waals surface area (Å²) in [6.07, 6.45) is 0.900. The number of nitrogens with zero attached hydrogens (tertiary/aromatic N) is 1. The number of amides is 2. The zero-order valence-corrected chi connectivity index (χ0v) is 13.9. The third kappa shape index (κ3) is 5.69. The Balaban J connectivity index is 1.66. The number of pyridine rings is 1. The van der Waals surface area contributed by atoms with E-state index in [0.717, 1.165) is 50.5 Å². The number of aryl methyl sites for hydroxylation is 2. The molecule has 1 aliphatic heterocycles. The number of aromatic nitrogens is 1. The number of hydrogen-bond acceptors (Lipinski definition) is 4. The van der Waals surface area contributed by atoms with Crippen LogP contribution in [-0.2, 0) is 11.3 Å². The highest BCUT2D eigenvalue weighted by atomic mass is 16.5. The van der Waals surface area contributed by atoms with Crippen molar-refractivity contribution in [1.29, 1.82) is 0 Å². The molecule has 0 spiro atoms. The maximum atomic E-state index is 11.9.